The van der Waals surface area contributed by atoms with Crippen molar-refractivity contribution < 1.29 is 9.53 Å². The van der Waals surface area contributed by atoms with Crippen molar-refractivity contribution in [3.05, 3.63) is 0 Å². The first-order valence-electron chi connectivity index (χ1n) is 6.56. The van der Waals surface area contributed by atoms with E-state index < -0.39 is 0 Å². The van der Waals surface area contributed by atoms with Crippen molar-refractivity contribution in [2.75, 3.05) is 6.54 Å². The maximum absolute atomic E-state index is 11.5. The fourth-order valence-corrected chi connectivity index (χ4v) is 1.41. The summed E-state index contributed by atoms with van der Waals surface area (Å²) in [5.41, 5.74) is 0. The largest absolute Gasteiger partial charge is 0.461 e. The van der Waals surface area contributed by atoms with Crippen molar-refractivity contribution in [1.29, 1.82) is 0 Å². The number of hydrogen-bond donors (Lipinski definition) is 1. The summed E-state index contributed by atoms with van der Waals surface area (Å²) in [5.74, 6) is -0.122. The number of nitrogens with one attached hydrogen (secondary N) is 1. The molecule has 0 aliphatic rings. The number of ether oxygens (including phenoxy) is 1. The molecule has 0 saturated carbocycles. The van der Waals surface area contributed by atoms with Crippen LogP contribution in [0, 0.1) is 0 Å². The topological polar surface area (TPSA) is 38.3 Å². The number of unbranched alkanes of at least 4 members (excludes halogenated alkanes) is 1. The molecule has 0 aromatic heterocycles. The zero-order valence-corrected chi connectivity index (χ0v) is 11.2. The minimum Gasteiger partial charge on any atom is -0.461 e. The maximum Gasteiger partial charge on any atom is 0.320 e. The lowest BCUT2D eigenvalue weighted by atomic mass is 10.1. The van der Waals surface area contributed by atoms with Gasteiger partial charge in [-0.15, -0.1) is 0 Å². The number of hydrogen-bond acceptors (Lipinski definition) is 3. The normalized spacial score (nSPS) is 14.5. The molecule has 0 spiro atoms. The van der Waals surface area contributed by atoms with Gasteiger partial charge in [-0.1, -0.05) is 33.6 Å². The predicted octanol–water partition coefficient (Wildman–Crippen LogP) is 2.89. The van der Waals surface area contributed by atoms with E-state index in [4.69, 9.17) is 4.74 Å². The number of esters is 1. The van der Waals surface area contributed by atoms with Crippen LogP contribution in [0.3, 0.4) is 0 Å². The first kappa shape index (κ1) is 15.4. The van der Waals surface area contributed by atoms with Crippen molar-refractivity contribution in [2.45, 2.75) is 71.9 Å². The van der Waals surface area contributed by atoms with Crippen molar-refractivity contribution in [3.8, 4) is 0 Å². The first-order valence-corrected chi connectivity index (χ1v) is 6.56. The highest BCUT2D eigenvalue weighted by Crippen LogP contribution is 2.08. The minimum absolute atomic E-state index is 0.103. The zero-order chi connectivity index (χ0) is 12.4. The van der Waals surface area contributed by atoms with Crippen LogP contribution in [0.25, 0.3) is 0 Å². The van der Waals surface area contributed by atoms with E-state index in [2.05, 4.69) is 33.0 Å². The van der Waals surface area contributed by atoms with Gasteiger partial charge in [-0.05, 0) is 26.2 Å². The molecule has 3 heteroatoms. The summed E-state index contributed by atoms with van der Waals surface area (Å²) in [6.07, 6.45) is 5.31. The Morgan fingerprint density at radius 3 is 2.44 bits per heavy atom. The molecule has 0 radical (unpaired) electrons. The van der Waals surface area contributed by atoms with E-state index in [1.54, 1.807) is 0 Å². The fourth-order valence-electron chi connectivity index (χ4n) is 1.41. The predicted molar refractivity (Wildman–Crippen MR) is 67.5 cm³/mol. The summed E-state index contributed by atoms with van der Waals surface area (Å²) in [5, 5.41) is 3.14. The van der Waals surface area contributed by atoms with Gasteiger partial charge in [0.05, 0.1) is 6.54 Å². The SMILES string of the molecule is CCCCC(CC)OC(=O)CNC(C)CC. The minimum atomic E-state index is -0.122. The second-order valence-corrected chi connectivity index (χ2v) is 4.35. The lowest BCUT2D eigenvalue weighted by Gasteiger charge is -2.17. The van der Waals surface area contributed by atoms with E-state index in [0.717, 1.165) is 32.1 Å². The molecule has 2 unspecified atom stereocenters. The molecule has 16 heavy (non-hydrogen) atoms. The highest BCUT2D eigenvalue weighted by atomic mass is 16.5. The Balaban J connectivity index is 3.73. The standard InChI is InChI=1S/C13H27NO2/c1-5-8-9-12(7-3)16-13(15)10-14-11(4)6-2/h11-12,14H,5-10H2,1-4H3. The van der Waals surface area contributed by atoms with Crippen LogP contribution in [0.2, 0.25) is 0 Å². The Morgan fingerprint density at radius 2 is 1.94 bits per heavy atom. The molecule has 0 aromatic carbocycles. The Bertz CT molecular complexity index is 183. The van der Waals surface area contributed by atoms with Gasteiger partial charge in [0.1, 0.15) is 6.10 Å². The van der Waals surface area contributed by atoms with Crippen molar-refractivity contribution in [2.24, 2.45) is 0 Å². The van der Waals surface area contributed by atoms with E-state index in [-0.39, 0.29) is 12.1 Å². The summed E-state index contributed by atoms with van der Waals surface area (Å²) < 4.78 is 5.40. The van der Waals surface area contributed by atoms with Crippen LogP contribution < -0.4 is 5.32 Å². The van der Waals surface area contributed by atoms with E-state index >= 15 is 0 Å². The lowest BCUT2D eigenvalue weighted by molar-refractivity contribution is -0.148. The molecule has 0 aliphatic heterocycles. The number of carbonyl (C=O) groups is 1. The van der Waals surface area contributed by atoms with Gasteiger partial charge in [0.2, 0.25) is 0 Å². The summed E-state index contributed by atoms with van der Waals surface area (Å²) in [7, 11) is 0. The van der Waals surface area contributed by atoms with Crippen LogP contribution in [-0.4, -0.2) is 24.7 Å². The molecule has 0 saturated heterocycles. The average molecular weight is 229 g/mol. The maximum atomic E-state index is 11.5. The van der Waals surface area contributed by atoms with Crippen LogP contribution in [0.15, 0.2) is 0 Å². The molecular weight excluding hydrogens is 202 g/mol. The van der Waals surface area contributed by atoms with Crippen LogP contribution >= 0.6 is 0 Å². The van der Waals surface area contributed by atoms with Crippen molar-refractivity contribution in [3.63, 3.8) is 0 Å². The van der Waals surface area contributed by atoms with E-state index in [1.165, 1.54) is 0 Å². The molecule has 0 amide bonds. The van der Waals surface area contributed by atoms with Crippen LogP contribution in [0.4, 0.5) is 0 Å². The lowest BCUT2D eigenvalue weighted by Crippen LogP contribution is -2.33. The first-order chi connectivity index (χ1) is 7.63. The zero-order valence-electron chi connectivity index (χ0n) is 11.2. The summed E-state index contributed by atoms with van der Waals surface area (Å²) >= 11 is 0. The highest BCUT2D eigenvalue weighted by Gasteiger charge is 2.12. The third-order valence-corrected chi connectivity index (χ3v) is 2.84. The third kappa shape index (κ3) is 7.69. The molecule has 0 rings (SSSR count). The van der Waals surface area contributed by atoms with Crippen molar-refractivity contribution in [1.82, 2.24) is 5.32 Å². The van der Waals surface area contributed by atoms with Crippen LogP contribution in [0.1, 0.15) is 59.8 Å². The van der Waals surface area contributed by atoms with Gasteiger partial charge in [0.25, 0.3) is 0 Å². The molecular formula is C13H27NO2. The van der Waals surface area contributed by atoms with Crippen LogP contribution in [0.5, 0.6) is 0 Å². The molecule has 0 aromatic rings. The summed E-state index contributed by atoms with van der Waals surface area (Å²) in [4.78, 5) is 11.5. The fraction of sp³-hybridized carbons (Fsp3) is 0.923. The van der Waals surface area contributed by atoms with E-state index in [9.17, 15) is 4.79 Å². The molecule has 0 aliphatic carbocycles. The molecule has 96 valence electrons. The van der Waals surface area contributed by atoms with E-state index in [0.29, 0.717) is 12.6 Å². The monoisotopic (exact) mass is 229 g/mol. The smallest absolute Gasteiger partial charge is 0.320 e. The molecule has 0 bridgehead atoms. The van der Waals surface area contributed by atoms with Crippen molar-refractivity contribution >= 4 is 5.97 Å². The Kier molecular flexibility index (Phi) is 9.30. The number of rotatable bonds is 9. The van der Waals surface area contributed by atoms with Crippen LogP contribution in [-0.2, 0) is 9.53 Å². The van der Waals surface area contributed by atoms with Gasteiger partial charge in [-0.25, -0.2) is 0 Å². The quantitative estimate of drug-likeness (QED) is 0.618. The molecule has 2 atom stereocenters. The van der Waals surface area contributed by atoms with E-state index in [1.807, 2.05) is 0 Å². The van der Waals surface area contributed by atoms with Gasteiger partial charge in [0, 0.05) is 6.04 Å². The average Bonchev–Trinajstić information content (AvgIpc) is 2.31. The third-order valence-electron chi connectivity index (χ3n) is 2.84. The van der Waals surface area contributed by atoms with Gasteiger partial charge < -0.3 is 10.1 Å². The van der Waals surface area contributed by atoms with Gasteiger partial charge in [-0.2, -0.15) is 0 Å². The Labute approximate surface area is 99.9 Å². The molecule has 3 nitrogen and oxygen atoms in total. The van der Waals surface area contributed by atoms with Gasteiger partial charge >= 0.3 is 5.97 Å². The van der Waals surface area contributed by atoms with Gasteiger partial charge in [0.15, 0.2) is 0 Å². The van der Waals surface area contributed by atoms with Gasteiger partial charge in [-0.3, -0.25) is 4.79 Å². The molecule has 0 fully saturated rings. The highest BCUT2D eigenvalue weighted by molar-refractivity contribution is 5.71. The summed E-state index contributed by atoms with van der Waals surface area (Å²) in [6.45, 7) is 8.72. The molecule has 1 N–H and O–H groups in total. The Hall–Kier alpha value is -0.570. The summed E-state index contributed by atoms with van der Waals surface area (Å²) in [6, 6.07) is 0.378. The second kappa shape index (κ2) is 9.64. The second-order valence-electron chi connectivity index (χ2n) is 4.35. The number of carbonyl (C=O) groups excluding carboxylic acids is 1. The Morgan fingerprint density at radius 1 is 1.25 bits per heavy atom. The molecule has 0 heterocycles.